The number of methoxy groups -OCH3 is 2. The molecule has 2 atom stereocenters. The molecule has 2 bridgehead atoms. The van der Waals surface area contributed by atoms with E-state index in [0.717, 1.165) is 43.7 Å². The van der Waals surface area contributed by atoms with Gasteiger partial charge in [0, 0.05) is 61.9 Å². The van der Waals surface area contributed by atoms with E-state index < -0.39 is 5.63 Å². The lowest BCUT2D eigenvalue weighted by molar-refractivity contribution is -0.123. The molecule has 2 aromatic heterocycles. The molecule has 10 heteroatoms. The van der Waals surface area contributed by atoms with E-state index >= 15 is 0 Å². The third kappa shape index (κ3) is 5.62. The Kier molecular flexibility index (Phi) is 7.71. The molecule has 1 amide bonds. The molecule has 1 saturated heterocycles. The van der Waals surface area contributed by atoms with Crippen LogP contribution in [0.15, 0.2) is 74.7 Å². The molecule has 4 heterocycles. The number of likely N-dealkylation sites (tertiary alicyclic amines) is 1. The molecule has 1 fully saturated rings. The van der Waals surface area contributed by atoms with Gasteiger partial charge in [-0.2, -0.15) is 0 Å². The average molecular weight is 572 g/mol. The fraction of sp³-hybridized carbons (Fsp3) is 0.344. The van der Waals surface area contributed by atoms with Gasteiger partial charge in [0.05, 0.1) is 19.8 Å². The van der Waals surface area contributed by atoms with Crippen LogP contribution in [0, 0.1) is 5.92 Å². The Morgan fingerprint density at radius 1 is 0.976 bits per heavy atom. The summed E-state index contributed by atoms with van der Waals surface area (Å²) in [6.07, 6.45) is 1.10. The van der Waals surface area contributed by atoms with Gasteiger partial charge in [-0.15, -0.1) is 0 Å². The number of piperidine rings is 1. The van der Waals surface area contributed by atoms with E-state index in [9.17, 15) is 14.4 Å². The zero-order valence-electron chi connectivity index (χ0n) is 23.6. The lowest BCUT2D eigenvalue weighted by Gasteiger charge is -2.42. The Bertz CT molecular complexity index is 1740. The van der Waals surface area contributed by atoms with Crippen molar-refractivity contribution in [3.05, 3.63) is 87.1 Å². The van der Waals surface area contributed by atoms with Gasteiger partial charge in [-0.1, -0.05) is 12.1 Å². The maximum Gasteiger partial charge on any atom is 0.344 e. The van der Waals surface area contributed by atoms with Crippen LogP contribution in [0.25, 0.3) is 22.1 Å². The molecule has 0 saturated carbocycles. The van der Waals surface area contributed by atoms with Crippen molar-refractivity contribution in [3.63, 3.8) is 0 Å². The van der Waals surface area contributed by atoms with Gasteiger partial charge in [0.15, 0.2) is 18.1 Å². The van der Waals surface area contributed by atoms with Crippen molar-refractivity contribution in [3.8, 4) is 28.4 Å². The van der Waals surface area contributed by atoms with Crippen molar-refractivity contribution >= 4 is 16.9 Å². The monoisotopic (exact) mass is 571 g/mol. The fourth-order valence-corrected chi connectivity index (χ4v) is 6.12. The van der Waals surface area contributed by atoms with Gasteiger partial charge in [0.25, 0.3) is 11.5 Å². The summed E-state index contributed by atoms with van der Waals surface area (Å²) in [5.41, 5.74) is 2.10. The number of rotatable bonds is 9. The third-order valence-corrected chi connectivity index (χ3v) is 8.08. The zero-order valence-corrected chi connectivity index (χ0v) is 23.6. The smallest absolute Gasteiger partial charge is 0.344 e. The third-order valence-electron chi connectivity index (χ3n) is 8.08. The summed E-state index contributed by atoms with van der Waals surface area (Å²) in [5, 5.41) is 3.65. The van der Waals surface area contributed by atoms with Gasteiger partial charge in [-0.3, -0.25) is 9.59 Å². The first-order valence-corrected chi connectivity index (χ1v) is 14.0. The van der Waals surface area contributed by atoms with Crippen molar-refractivity contribution in [2.24, 2.45) is 5.92 Å². The van der Waals surface area contributed by atoms with E-state index in [1.54, 1.807) is 55.6 Å². The average Bonchev–Trinajstić information content (AvgIpc) is 2.99. The van der Waals surface area contributed by atoms with E-state index in [2.05, 4.69) is 16.3 Å². The van der Waals surface area contributed by atoms with Crippen LogP contribution in [0.1, 0.15) is 18.0 Å². The summed E-state index contributed by atoms with van der Waals surface area (Å²) in [5.74, 6) is 2.06. The van der Waals surface area contributed by atoms with Gasteiger partial charge in [-0.05, 0) is 54.3 Å². The van der Waals surface area contributed by atoms with Crippen LogP contribution in [0.3, 0.4) is 0 Å². The molecule has 0 aliphatic carbocycles. The van der Waals surface area contributed by atoms with Gasteiger partial charge in [0.1, 0.15) is 11.3 Å². The molecule has 0 spiro atoms. The maximum absolute atomic E-state index is 12.8. The van der Waals surface area contributed by atoms with Gasteiger partial charge >= 0.3 is 5.63 Å². The molecule has 4 aromatic rings. The van der Waals surface area contributed by atoms with E-state index in [1.807, 2.05) is 10.6 Å². The number of hydrogen-bond donors (Lipinski definition) is 1. The topological polar surface area (TPSA) is 112 Å². The normalized spacial score (nSPS) is 17.9. The number of carbonyl (C=O) groups is 1. The summed E-state index contributed by atoms with van der Waals surface area (Å²) in [6, 6.07) is 17.7. The first kappa shape index (κ1) is 27.6. The molecule has 218 valence electrons. The minimum absolute atomic E-state index is 0.0795. The number of benzene rings is 2. The maximum atomic E-state index is 12.8. The molecule has 2 aliphatic rings. The molecule has 42 heavy (non-hydrogen) atoms. The SMILES string of the molecule is COc1ccc(-c2cc3ccc(OCC(=O)NCCN4C[C@H]5C[C@@H](C4)c4cccc(=O)n4C5)cc3oc2=O)cc1OC. The molecule has 0 radical (unpaired) electrons. The second kappa shape index (κ2) is 11.7. The number of aromatic nitrogens is 1. The molecule has 1 N–H and O–H groups in total. The van der Waals surface area contributed by atoms with Crippen molar-refractivity contribution in [2.45, 2.75) is 18.9 Å². The largest absolute Gasteiger partial charge is 0.493 e. The van der Waals surface area contributed by atoms with Crippen molar-refractivity contribution < 1.29 is 23.4 Å². The minimum atomic E-state index is -0.498. The van der Waals surface area contributed by atoms with E-state index in [1.165, 1.54) is 7.11 Å². The lowest BCUT2D eigenvalue weighted by atomic mass is 9.83. The van der Waals surface area contributed by atoms with Crippen LogP contribution >= 0.6 is 0 Å². The quantitative estimate of drug-likeness (QED) is 0.305. The van der Waals surface area contributed by atoms with Crippen LogP contribution in [0.5, 0.6) is 17.2 Å². The zero-order chi connectivity index (χ0) is 29.2. The Morgan fingerprint density at radius 3 is 2.67 bits per heavy atom. The first-order valence-electron chi connectivity index (χ1n) is 14.0. The predicted molar refractivity (Wildman–Crippen MR) is 158 cm³/mol. The number of fused-ring (bicyclic) bond motifs is 5. The van der Waals surface area contributed by atoms with Gasteiger partial charge in [0.2, 0.25) is 0 Å². The molecular weight excluding hydrogens is 538 g/mol. The van der Waals surface area contributed by atoms with Crippen LogP contribution in [-0.4, -0.2) is 62.4 Å². The second-order valence-electron chi connectivity index (χ2n) is 10.8. The molecular formula is C32H33N3O7. The highest BCUT2D eigenvalue weighted by Gasteiger charge is 2.34. The lowest BCUT2D eigenvalue weighted by Crippen LogP contribution is -2.49. The molecule has 2 aliphatic heterocycles. The van der Waals surface area contributed by atoms with Crippen LogP contribution in [0.2, 0.25) is 0 Å². The van der Waals surface area contributed by atoms with E-state index in [4.69, 9.17) is 18.6 Å². The number of hydrogen-bond acceptors (Lipinski definition) is 8. The number of nitrogens with one attached hydrogen (secondary N) is 1. The van der Waals surface area contributed by atoms with Crippen molar-refractivity contribution in [2.75, 3.05) is 47.0 Å². The van der Waals surface area contributed by atoms with Crippen LogP contribution < -0.4 is 30.7 Å². The van der Waals surface area contributed by atoms with Crippen molar-refractivity contribution in [1.29, 1.82) is 0 Å². The summed E-state index contributed by atoms with van der Waals surface area (Å²) in [7, 11) is 3.09. The number of ether oxygens (including phenoxy) is 3. The highest BCUT2D eigenvalue weighted by atomic mass is 16.5. The highest BCUT2D eigenvalue weighted by molar-refractivity contribution is 5.83. The van der Waals surface area contributed by atoms with Crippen molar-refractivity contribution in [1.82, 2.24) is 14.8 Å². The number of nitrogens with zero attached hydrogens (tertiary/aromatic N) is 2. The number of amides is 1. The highest BCUT2D eigenvalue weighted by Crippen LogP contribution is 2.35. The van der Waals surface area contributed by atoms with Gasteiger partial charge < -0.3 is 33.4 Å². The number of pyridine rings is 1. The van der Waals surface area contributed by atoms with Crippen LogP contribution in [0.4, 0.5) is 0 Å². The Morgan fingerprint density at radius 2 is 1.83 bits per heavy atom. The van der Waals surface area contributed by atoms with Crippen LogP contribution in [-0.2, 0) is 11.3 Å². The molecule has 10 nitrogen and oxygen atoms in total. The predicted octanol–water partition coefficient (Wildman–Crippen LogP) is 3.25. The Labute approximate surface area is 242 Å². The van der Waals surface area contributed by atoms with Gasteiger partial charge in [-0.25, -0.2) is 4.79 Å². The first-order chi connectivity index (χ1) is 20.4. The fourth-order valence-electron chi connectivity index (χ4n) is 6.12. The Hall–Kier alpha value is -4.57. The summed E-state index contributed by atoms with van der Waals surface area (Å²) in [6.45, 7) is 3.64. The second-order valence-corrected chi connectivity index (χ2v) is 10.8. The summed E-state index contributed by atoms with van der Waals surface area (Å²) in [4.78, 5) is 39.9. The van der Waals surface area contributed by atoms with E-state index in [0.29, 0.717) is 52.3 Å². The molecule has 6 rings (SSSR count). The standard InChI is InChI=1S/C32H33N3O7/c1-39-27-9-7-21(14-29(27)40-2)25-13-22-6-8-24(15-28(22)42-32(25)38)41-19-30(36)33-10-11-34-16-20-12-23(18-34)26-4-3-5-31(37)35(26)17-20/h3-9,13-15,20,23H,10-12,16-19H2,1-2H3,(H,33,36)/t20-,23+/m1/s1. The molecule has 2 aromatic carbocycles. The summed E-state index contributed by atoms with van der Waals surface area (Å²) >= 11 is 0. The minimum Gasteiger partial charge on any atom is -0.493 e. The number of carbonyl (C=O) groups excluding carboxylic acids is 1. The molecule has 0 unspecified atom stereocenters. The van der Waals surface area contributed by atoms with E-state index in [-0.39, 0.29) is 18.1 Å². The summed E-state index contributed by atoms with van der Waals surface area (Å²) < 4.78 is 23.8. The Balaban J connectivity index is 1.03.